The molecule has 0 aromatic rings. The molecule has 0 fully saturated rings. The fraction of sp³-hybridized carbons (Fsp3) is 0.625. The molecular weight excluding hydrogens is 224 g/mol. The van der Waals surface area contributed by atoms with Gasteiger partial charge < -0.3 is 4.79 Å². The van der Waals surface area contributed by atoms with Crippen LogP contribution in [0, 0.1) is 0 Å². The van der Waals surface area contributed by atoms with Crippen LogP contribution < -0.4 is 0 Å². The molecular formula is C16H28O2. The normalized spacial score (nSPS) is 9.06. The molecule has 0 saturated heterocycles. The molecule has 18 heavy (non-hydrogen) atoms. The molecule has 0 aromatic heterocycles. The Morgan fingerprint density at radius 3 is 2.00 bits per heavy atom. The summed E-state index contributed by atoms with van der Waals surface area (Å²) in [6, 6.07) is 0. The van der Waals surface area contributed by atoms with Crippen molar-refractivity contribution in [3.05, 3.63) is 24.8 Å². The molecule has 0 rings (SSSR count). The second kappa shape index (κ2) is 13.9. The van der Waals surface area contributed by atoms with E-state index in [1.807, 2.05) is 6.92 Å². The molecule has 0 aliphatic rings. The summed E-state index contributed by atoms with van der Waals surface area (Å²) >= 11 is 0. The smallest absolute Gasteiger partial charge is 0.155 e. The first-order chi connectivity index (χ1) is 8.43. The van der Waals surface area contributed by atoms with Crippen LogP contribution in [0.25, 0.3) is 0 Å². The summed E-state index contributed by atoms with van der Waals surface area (Å²) in [5.41, 5.74) is 1.16. The topological polar surface area (TPSA) is 34.1 Å². The van der Waals surface area contributed by atoms with Crippen LogP contribution in [-0.4, -0.2) is 11.6 Å². The number of rotatable bonds is 9. The Balaban J connectivity index is 0. The van der Waals surface area contributed by atoms with E-state index in [0.717, 1.165) is 31.3 Å². The number of Topliss-reactive ketones (excluding diaryl/α,β-unsaturated/α-hetero) is 1. The zero-order chi connectivity index (χ0) is 14.4. The van der Waals surface area contributed by atoms with Gasteiger partial charge in [0.05, 0.1) is 0 Å². The maximum atomic E-state index is 10.6. The fourth-order valence-corrected chi connectivity index (χ4v) is 1.29. The van der Waals surface area contributed by atoms with Gasteiger partial charge in [-0.25, -0.2) is 0 Å². The molecule has 0 bridgehead atoms. The summed E-state index contributed by atoms with van der Waals surface area (Å²) in [4.78, 5) is 21.0. The Kier molecular flexibility index (Phi) is 14.8. The number of allylic oxidation sites excluding steroid dienone is 2. The summed E-state index contributed by atoms with van der Waals surface area (Å²) in [5.74, 6) is 0.444. The molecule has 0 aliphatic heterocycles. The zero-order valence-electron chi connectivity index (χ0n) is 12.3. The van der Waals surface area contributed by atoms with Crippen molar-refractivity contribution in [2.24, 2.45) is 0 Å². The van der Waals surface area contributed by atoms with Crippen molar-refractivity contribution in [2.45, 2.75) is 65.7 Å². The first-order valence-electron chi connectivity index (χ1n) is 6.73. The van der Waals surface area contributed by atoms with Crippen LogP contribution in [0.3, 0.4) is 0 Å². The molecule has 2 nitrogen and oxygen atoms in total. The minimum absolute atomic E-state index is 0.170. The molecule has 0 atom stereocenters. The number of carbonyl (C=O) groups excluding carboxylic acids is 2. The number of ketones is 2. The summed E-state index contributed by atoms with van der Waals surface area (Å²) < 4.78 is 0. The second-order valence-electron chi connectivity index (χ2n) is 4.64. The van der Waals surface area contributed by atoms with Crippen LogP contribution in [0.1, 0.15) is 65.7 Å². The van der Waals surface area contributed by atoms with Gasteiger partial charge in [-0.1, -0.05) is 31.9 Å². The lowest BCUT2D eigenvalue weighted by atomic mass is 10.1. The Bertz CT molecular complexity index is 250. The minimum Gasteiger partial charge on any atom is -0.300 e. The number of carbonyl (C=O) groups is 2. The molecule has 0 amide bonds. The molecule has 0 aromatic carbocycles. The number of hydrogen-bond donors (Lipinski definition) is 0. The van der Waals surface area contributed by atoms with Crippen molar-refractivity contribution < 1.29 is 9.59 Å². The lowest BCUT2D eigenvalue weighted by Crippen LogP contribution is -1.90. The lowest BCUT2D eigenvalue weighted by molar-refractivity contribution is -0.117. The van der Waals surface area contributed by atoms with Crippen molar-refractivity contribution in [3.63, 3.8) is 0 Å². The van der Waals surface area contributed by atoms with Crippen LogP contribution in [-0.2, 0) is 9.59 Å². The minimum atomic E-state index is 0.170. The highest BCUT2D eigenvalue weighted by atomic mass is 16.1. The average Bonchev–Trinajstić information content (AvgIpc) is 2.29. The van der Waals surface area contributed by atoms with Gasteiger partial charge >= 0.3 is 0 Å². The highest BCUT2D eigenvalue weighted by Crippen LogP contribution is 2.03. The third-order valence-corrected chi connectivity index (χ3v) is 2.39. The zero-order valence-corrected chi connectivity index (χ0v) is 12.3. The van der Waals surface area contributed by atoms with Gasteiger partial charge in [-0.15, -0.1) is 6.58 Å². The van der Waals surface area contributed by atoms with Crippen molar-refractivity contribution in [1.29, 1.82) is 0 Å². The van der Waals surface area contributed by atoms with Gasteiger partial charge in [-0.3, -0.25) is 4.79 Å². The van der Waals surface area contributed by atoms with Crippen LogP contribution >= 0.6 is 0 Å². The highest BCUT2D eigenvalue weighted by Gasteiger charge is 1.92. The van der Waals surface area contributed by atoms with E-state index in [4.69, 9.17) is 0 Å². The molecule has 0 saturated carbocycles. The average molecular weight is 252 g/mol. The largest absolute Gasteiger partial charge is 0.300 e. The standard InChI is InChI=1S/2C8H14O/c1-7(2)5-4-6-8(3)9;1-3-5-6-7-8(9)4-2/h1,4-6H2,2-3H3;4H,2-3,5-7H2,1H3. The summed E-state index contributed by atoms with van der Waals surface area (Å²) in [5, 5.41) is 0. The number of unbranched alkanes of at least 4 members (excludes halogenated alkanes) is 2. The van der Waals surface area contributed by atoms with Crippen molar-refractivity contribution >= 4 is 11.6 Å². The molecule has 0 N–H and O–H groups in total. The highest BCUT2D eigenvalue weighted by molar-refractivity contribution is 5.88. The maximum absolute atomic E-state index is 10.6. The van der Waals surface area contributed by atoms with E-state index in [1.165, 1.54) is 12.5 Å². The van der Waals surface area contributed by atoms with Gasteiger partial charge in [0, 0.05) is 12.8 Å². The van der Waals surface area contributed by atoms with Crippen molar-refractivity contribution in [3.8, 4) is 0 Å². The van der Waals surface area contributed by atoms with Crippen LogP contribution in [0.4, 0.5) is 0 Å². The van der Waals surface area contributed by atoms with Gasteiger partial charge in [-0.05, 0) is 39.2 Å². The van der Waals surface area contributed by atoms with Gasteiger partial charge in [-0.2, -0.15) is 0 Å². The third-order valence-electron chi connectivity index (χ3n) is 2.39. The van der Waals surface area contributed by atoms with Crippen molar-refractivity contribution in [1.82, 2.24) is 0 Å². The fourth-order valence-electron chi connectivity index (χ4n) is 1.29. The SMILES string of the molecule is C=C(C)CCCC(C)=O.C=CC(=O)CCCCC. The van der Waals surface area contributed by atoms with E-state index in [2.05, 4.69) is 20.1 Å². The van der Waals surface area contributed by atoms with Crippen LogP contribution in [0.5, 0.6) is 0 Å². The Morgan fingerprint density at radius 2 is 1.61 bits per heavy atom. The van der Waals surface area contributed by atoms with Gasteiger partial charge in [0.25, 0.3) is 0 Å². The lowest BCUT2D eigenvalue weighted by Gasteiger charge is -1.94. The van der Waals surface area contributed by atoms with Crippen LogP contribution in [0.2, 0.25) is 0 Å². The third kappa shape index (κ3) is 20.3. The Labute approximate surface area is 112 Å². The Morgan fingerprint density at radius 1 is 1.00 bits per heavy atom. The first kappa shape index (κ1) is 19.2. The predicted molar refractivity (Wildman–Crippen MR) is 78.7 cm³/mol. The van der Waals surface area contributed by atoms with E-state index in [1.54, 1.807) is 6.92 Å². The van der Waals surface area contributed by atoms with Gasteiger partial charge in [0.2, 0.25) is 0 Å². The Hall–Kier alpha value is -1.18. The molecule has 0 heterocycles. The quantitative estimate of drug-likeness (QED) is 0.340. The maximum Gasteiger partial charge on any atom is 0.155 e. The number of hydrogen-bond acceptors (Lipinski definition) is 2. The van der Waals surface area contributed by atoms with E-state index in [-0.39, 0.29) is 11.6 Å². The molecule has 104 valence electrons. The molecule has 0 unspecified atom stereocenters. The second-order valence-corrected chi connectivity index (χ2v) is 4.64. The summed E-state index contributed by atoms with van der Waals surface area (Å²) in [7, 11) is 0. The van der Waals surface area contributed by atoms with E-state index >= 15 is 0 Å². The van der Waals surface area contributed by atoms with E-state index < -0.39 is 0 Å². The molecule has 2 heteroatoms. The molecule has 0 aliphatic carbocycles. The van der Waals surface area contributed by atoms with Crippen LogP contribution in [0.15, 0.2) is 24.8 Å². The monoisotopic (exact) mass is 252 g/mol. The first-order valence-corrected chi connectivity index (χ1v) is 6.73. The van der Waals surface area contributed by atoms with E-state index in [0.29, 0.717) is 12.8 Å². The molecule has 0 radical (unpaired) electrons. The summed E-state index contributed by atoms with van der Waals surface area (Å²) in [6.07, 6.45) is 8.06. The van der Waals surface area contributed by atoms with Gasteiger partial charge in [0.15, 0.2) is 5.78 Å². The van der Waals surface area contributed by atoms with Crippen molar-refractivity contribution in [2.75, 3.05) is 0 Å². The molecule has 0 spiro atoms. The predicted octanol–water partition coefficient (Wildman–Crippen LogP) is 4.64. The van der Waals surface area contributed by atoms with E-state index in [9.17, 15) is 9.59 Å². The summed E-state index contributed by atoms with van der Waals surface area (Å²) in [6.45, 7) is 12.9. The van der Waals surface area contributed by atoms with Gasteiger partial charge in [0.1, 0.15) is 5.78 Å².